The van der Waals surface area contributed by atoms with Gasteiger partial charge in [-0.05, 0) is 37.3 Å². The van der Waals surface area contributed by atoms with E-state index in [4.69, 9.17) is 10.6 Å². The van der Waals surface area contributed by atoms with Crippen LogP contribution in [0.3, 0.4) is 0 Å². The predicted octanol–water partition coefficient (Wildman–Crippen LogP) is 1.70. The lowest BCUT2D eigenvalue weighted by Crippen LogP contribution is -2.37. The van der Waals surface area contributed by atoms with Crippen molar-refractivity contribution in [2.75, 3.05) is 6.61 Å². The Hall–Kier alpha value is -1.06. The first-order valence-corrected chi connectivity index (χ1v) is 5.54. The molecule has 3 N–H and O–H groups in total. The minimum absolute atomic E-state index is 0.425. The summed E-state index contributed by atoms with van der Waals surface area (Å²) in [5.41, 5.74) is 2.87. The Balaban J connectivity index is 1.69. The second-order valence-corrected chi connectivity index (χ2v) is 4.06. The maximum atomic E-state index is 5.62. The lowest BCUT2D eigenvalue weighted by atomic mass is 10.1. The zero-order valence-electron chi connectivity index (χ0n) is 8.86. The summed E-state index contributed by atoms with van der Waals surface area (Å²) in [5, 5.41) is 0. The van der Waals surface area contributed by atoms with Crippen LogP contribution in [0.2, 0.25) is 0 Å². The Kier molecular flexibility index (Phi) is 3.59. The Morgan fingerprint density at radius 2 is 2.07 bits per heavy atom. The molecule has 0 saturated heterocycles. The second-order valence-electron chi connectivity index (χ2n) is 4.06. The highest BCUT2D eigenvalue weighted by molar-refractivity contribution is 5.20. The van der Waals surface area contributed by atoms with Crippen molar-refractivity contribution >= 4 is 0 Å². The molecular weight excluding hydrogens is 188 g/mol. The van der Waals surface area contributed by atoms with Crippen LogP contribution < -0.4 is 16.0 Å². The minimum Gasteiger partial charge on any atom is -0.494 e. The summed E-state index contributed by atoms with van der Waals surface area (Å²) in [6, 6.07) is 10.3. The molecule has 15 heavy (non-hydrogen) atoms. The molecule has 0 amide bonds. The van der Waals surface area contributed by atoms with Gasteiger partial charge in [0.25, 0.3) is 0 Å². The van der Waals surface area contributed by atoms with Crippen LogP contribution >= 0.6 is 0 Å². The molecule has 82 valence electrons. The first kappa shape index (κ1) is 10.5. The Morgan fingerprint density at radius 3 is 2.67 bits per heavy atom. The van der Waals surface area contributed by atoms with E-state index in [-0.39, 0.29) is 0 Å². The van der Waals surface area contributed by atoms with Crippen molar-refractivity contribution < 1.29 is 4.74 Å². The summed E-state index contributed by atoms with van der Waals surface area (Å²) in [4.78, 5) is 0. The lowest BCUT2D eigenvalue weighted by molar-refractivity contribution is 0.277. The zero-order chi connectivity index (χ0) is 10.5. The van der Waals surface area contributed by atoms with Gasteiger partial charge in [-0.2, -0.15) is 0 Å². The molecule has 1 aliphatic carbocycles. The van der Waals surface area contributed by atoms with E-state index < -0.39 is 0 Å². The average molecular weight is 206 g/mol. The van der Waals surface area contributed by atoms with Crippen molar-refractivity contribution in [3.63, 3.8) is 0 Å². The van der Waals surface area contributed by atoms with E-state index in [0.29, 0.717) is 6.04 Å². The first-order chi connectivity index (χ1) is 7.40. The molecule has 3 heteroatoms. The minimum atomic E-state index is 0.425. The summed E-state index contributed by atoms with van der Waals surface area (Å²) < 4.78 is 5.62. The predicted molar refractivity (Wildman–Crippen MR) is 60.4 cm³/mol. The van der Waals surface area contributed by atoms with Crippen molar-refractivity contribution in [3.05, 3.63) is 30.3 Å². The normalized spacial score (nSPS) is 17.4. The SMILES string of the molecule is NNC(CCOc1ccccc1)C1CC1. The van der Waals surface area contributed by atoms with Crippen LogP contribution in [0.1, 0.15) is 19.3 Å². The number of nitrogens with two attached hydrogens (primary N) is 1. The maximum Gasteiger partial charge on any atom is 0.119 e. The smallest absolute Gasteiger partial charge is 0.119 e. The van der Waals surface area contributed by atoms with Crippen LogP contribution in [0.5, 0.6) is 5.75 Å². The van der Waals surface area contributed by atoms with Gasteiger partial charge in [0.2, 0.25) is 0 Å². The van der Waals surface area contributed by atoms with Crippen LogP contribution in [0.25, 0.3) is 0 Å². The fourth-order valence-corrected chi connectivity index (χ4v) is 1.77. The molecular formula is C12H18N2O. The van der Waals surface area contributed by atoms with Crippen LogP contribution in [0.4, 0.5) is 0 Å². The summed E-state index contributed by atoms with van der Waals surface area (Å²) in [7, 11) is 0. The molecule has 1 saturated carbocycles. The van der Waals surface area contributed by atoms with E-state index in [0.717, 1.165) is 24.7 Å². The Labute approximate surface area is 90.6 Å². The molecule has 3 nitrogen and oxygen atoms in total. The molecule has 2 rings (SSSR count). The second kappa shape index (κ2) is 5.14. The van der Waals surface area contributed by atoms with Crippen molar-refractivity contribution in [2.45, 2.75) is 25.3 Å². The number of para-hydroxylation sites is 1. The molecule has 1 unspecified atom stereocenters. The van der Waals surface area contributed by atoms with E-state index in [1.54, 1.807) is 0 Å². The van der Waals surface area contributed by atoms with Crippen molar-refractivity contribution in [2.24, 2.45) is 11.8 Å². The third kappa shape index (κ3) is 3.22. The molecule has 1 aliphatic rings. The average Bonchev–Trinajstić information content (AvgIpc) is 3.10. The van der Waals surface area contributed by atoms with Gasteiger partial charge in [0.1, 0.15) is 5.75 Å². The summed E-state index contributed by atoms with van der Waals surface area (Å²) in [5.74, 6) is 7.19. The molecule has 1 aromatic carbocycles. The first-order valence-electron chi connectivity index (χ1n) is 5.54. The monoisotopic (exact) mass is 206 g/mol. The van der Waals surface area contributed by atoms with E-state index >= 15 is 0 Å². The van der Waals surface area contributed by atoms with Crippen molar-refractivity contribution in [1.29, 1.82) is 0 Å². The molecule has 0 aromatic heterocycles. The van der Waals surface area contributed by atoms with Crippen molar-refractivity contribution in [3.8, 4) is 5.75 Å². The standard InChI is InChI=1S/C12H18N2O/c13-14-12(10-6-7-10)8-9-15-11-4-2-1-3-5-11/h1-5,10,12,14H,6-9,13H2. The lowest BCUT2D eigenvalue weighted by Gasteiger charge is -2.15. The maximum absolute atomic E-state index is 5.62. The van der Waals surface area contributed by atoms with Gasteiger partial charge >= 0.3 is 0 Å². The third-order valence-electron chi connectivity index (χ3n) is 2.85. The molecule has 0 aliphatic heterocycles. The number of benzene rings is 1. The number of ether oxygens (including phenoxy) is 1. The van der Waals surface area contributed by atoms with Gasteiger partial charge in [-0.15, -0.1) is 0 Å². The van der Waals surface area contributed by atoms with Gasteiger partial charge in [-0.3, -0.25) is 11.3 Å². The summed E-state index contributed by atoms with van der Waals surface area (Å²) in [6.45, 7) is 0.732. The molecule has 1 atom stereocenters. The molecule has 1 fully saturated rings. The van der Waals surface area contributed by atoms with Gasteiger partial charge < -0.3 is 4.74 Å². The number of rotatable bonds is 6. The van der Waals surface area contributed by atoms with Gasteiger partial charge in [0, 0.05) is 6.04 Å². The molecule has 0 heterocycles. The highest BCUT2D eigenvalue weighted by atomic mass is 16.5. The van der Waals surface area contributed by atoms with Crippen LogP contribution in [0.15, 0.2) is 30.3 Å². The quantitative estimate of drug-likeness (QED) is 0.550. The van der Waals surface area contributed by atoms with Gasteiger partial charge in [-0.25, -0.2) is 0 Å². The number of nitrogens with one attached hydrogen (secondary N) is 1. The zero-order valence-corrected chi connectivity index (χ0v) is 8.86. The topological polar surface area (TPSA) is 47.3 Å². The third-order valence-corrected chi connectivity index (χ3v) is 2.85. The molecule has 0 radical (unpaired) electrons. The fourth-order valence-electron chi connectivity index (χ4n) is 1.77. The molecule has 0 spiro atoms. The summed E-state index contributed by atoms with van der Waals surface area (Å²) >= 11 is 0. The highest BCUT2D eigenvalue weighted by Gasteiger charge is 2.29. The van der Waals surface area contributed by atoms with Crippen LogP contribution in [-0.2, 0) is 0 Å². The van der Waals surface area contributed by atoms with Crippen molar-refractivity contribution in [1.82, 2.24) is 5.43 Å². The number of hydrogen-bond donors (Lipinski definition) is 2. The van der Waals surface area contributed by atoms with E-state index in [2.05, 4.69) is 5.43 Å². The fraction of sp³-hybridized carbons (Fsp3) is 0.500. The Bertz CT molecular complexity index is 285. The summed E-state index contributed by atoms with van der Waals surface area (Å²) in [6.07, 6.45) is 3.59. The number of hydrazine groups is 1. The highest BCUT2D eigenvalue weighted by Crippen LogP contribution is 2.33. The Morgan fingerprint density at radius 1 is 1.33 bits per heavy atom. The van der Waals surface area contributed by atoms with Gasteiger partial charge in [-0.1, -0.05) is 18.2 Å². The molecule has 1 aromatic rings. The number of hydrogen-bond acceptors (Lipinski definition) is 3. The van der Waals surface area contributed by atoms with Gasteiger partial charge in [0.05, 0.1) is 6.61 Å². The van der Waals surface area contributed by atoms with Crippen LogP contribution in [0, 0.1) is 5.92 Å². The van der Waals surface area contributed by atoms with Crippen LogP contribution in [-0.4, -0.2) is 12.6 Å². The van der Waals surface area contributed by atoms with E-state index in [9.17, 15) is 0 Å². The molecule has 0 bridgehead atoms. The largest absolute Gasteiger partial charge is 0.494 e. The van der Waals surface area contributed by atoms with E-state index in [1.807, 2.05) is 30.3 Å². The van der Waals surface area contributed by atoms with E-state index in [1.165, 1.54) is 12.8 Å². The van der Waals surface area contributed by atoms with Gasteiger partial charge in [0.15, 0.2) is 0 Å².